The highest BCUT2D eigenvalue weighted by molar-refractivity contribution is 7.22. The Kier molecular flexibility index (Phi) is 5.24. The smallest absolute Gasteiger partial charge is 0.321 e. The Morgan fingerprint density at radius 1 is 1.23 bits per heavy atom. The minimum atomic E-state index is -0.169. The van der Waals surface area contributed by atoms with E-state index in [4.69, 9.17) is 0 Å². The first kappa shape index (κ1) is 15.2. The first-order valence-electron chi connectivity index (χ1n) is 7.94. The lowest BCUT2D eigenvalue weighted by atomic mass is 10.1. The summed E-state index contributed by atoms with van der Waals surface area (Å²) in [5, 5.41) is 6.37. The molecule has 0 atom stereocenters. The Balaban J connectivity index is 1.38. The quantitative estimate of drug-likeness (QED) is 0.832. The average Bonchev–Trinajstić information content (AvgIpc) is 2.94. The van der Waals surface area contributed by atoms with Crippen molar-refractivity contribution in [2.45, 2.75) is 25.7 Å². The van der Waals surface area contributed by atoms with Crippen molar-refractivity contribution in [3.8, 4) is 0 Å². The number of thiazole rings is 1. The number of para-hydroxylation sites is 1. The Bertz CT molecular complexity index is 588. The number of anilines is 1. The first-order valence-corrected chi connectivity index (χ1v) is 8.76. The molecule has 2 heterocycles. The predicted molar refractivity (Wildman–Crippen MR) is 91.5 cm³/mol. The van der Waals surface area contributed by atoms with Gasteiger partial charge in [-0.1, -0.05) is 29.9 Å². The molecule has 22 heavy (non-hydrogen) atoms. The van der Waals surface area contributed by atoms with Gasteiger partial charge in [-0.2, -0.15) is 0 Å². The van der Waals surface area contributed by atoms with Crippen LogP contribution in [0.15, 0.2) is 24.3 Å². The van der Waals surface area contributed by atoms with E-state index < -0.39 is 0 Å². The van der Waals surface area contributed by atoms with E-state index in [1.807, 2.05) is 24.3 Å². The Morgan fingerprint density at radius 2 is 2.05 bits per heavy atom. The van der Waals surface area contributed by atoms with Crippen LogP contribution in [0.2, 0.25) is 0 Å². The van der Waals surface area contributed by atoms with Crippen LogP contribution in [0, 0.1) is 0 Å². The number of carbonyl (C=O) groups is 1. The van der Waals surface area contributed by atoms with Gasteiger partial charge in [-0.3, -0.25) is 5.32 Å². The van der Waals surface area contributed by atoms with Crippen molar-refractivity contribution in [1.29, 1.82) is 0 Å². The van der Waals surface area contributed by atoms with Crippen molar-refractivity contribution in [2.75, 3.05) is 31.5 Å². The molecule has 1 fully saturated rings. The minimum absolute atomic E-state index is 0.169. The lowest BCUT2D eigenvalue weighted by Crippen LogP contribution is -2.34. The Morgan fingerprint density at radius 3 is 2.86 bits per heavy atom. The summed E-state index contributed by atoms with van der Waals surface area (Å²) in [5.41, 5.74) is 0.924. The normalized spacial score (nSPS) is 15.8. The van der Waals surface area contributed by atoms with Gasteiger partial charge in [0.15, 0.2) is 5.13 Å². The molecule has 2 aromatic rings. The SMILES string of the molecule is O=C(NCCCN1CCCCC1)Nc1nc2ccccc2s1. The van der Waals surface area contributed by atoms with Crippen LogP contribution in [0.3, 0.4) is 0 Å². The second kappa shape index (κ2) is 7.56. The molecule has 2 amide bonds. The number of benzene rings is 1. The van der Waals surface area contributed by atoms with Gasteiger partial charge in [-0.05, 0) is 51.0 Å². The van der Waals surface area contributed by atoms with Crippen molar-refractivity contribution in [1.82, 2.24) is 15.2 Å². The fourth-order valence-corrected chi connectivity index (χ4v) is 3.62. The van der Waals surface area contributed by atoms with Crippen molar-refractivity contribution in [3.05, 3.63) is 24.3 Å². The molecule has 1 aromatic carbocycles. The fraction of sp³-hybridized carbons (Fsp3) is 0.500. The molecule has 0 unspecified atom stereocenters. The number of hydrogen-bond acceptors (Lipinski definition) is 4. The van der Waals surface area contributed by atoms with Crippen LogP contribution in [0.4, 0.5) is 9.93 Å². The number of nitrogens with zero attached hydrogens (tertiary/aromatic N) is 2. The summed E-state index contributed by atoms with van der Waals surface area (Å²) in [6.45, 7) is 4.18. The van der Waals surface area contributed by atoms with Crippen LogP contribution >= 0.6 is 11.3 Å². The van der Waals surface area contributed by atoms with Crippen molar-refractivity contribution >= 4 is 32.7 Å². The van der Waals surface area contributed by atoms with Gasteiger partial charge in [0.2, 0.25) is 0 Å². The van der Waals surface area contributed by atoms with Crippen molar-refractivity contribution < 1.29 is 4.79 Å². The Labute approximate surface area is 134 Å². The fourth-order valence-electron chi connectivity index (χ4n) is 2.75. The van der Waals surface area contributed by atoms with Crippen LogP contribution in [0.1, 0.15) is 25.7 Å². The van der Waals surface area contributed by atoms with Gasteiger partial charge in [0.1, 0.15) is 0 Å². The topological polar surface area (TPSA) is 57.3 Å². The second-order valence-corrected chi connectivity index (χ2v) is 6.65. The highest BCUT2D eigenvalue weighted by Crippen LogP contribution is 2.25. The molecule has 1 aliphatic heterocycles. The van der Waals surface area contributed by atoms with Crippen LogP contribution < -0.4 is 10.6 Å². The molecule has 0 spiro atoms. The molecule has 0 radical (unpaired) electrons. The second-order valence-electron chi connectivity index (χ2n) is 5.62. The number of piperidine rings is 1. The third-order valence-corrected chi connectivity index (χ3v) is 4.85. The predicted octanol–water partition coefficient (Wildman–Crippen LogP) is 3.29. The maximum atomic E-state index is 11.9. The van der Waals surface area contributed by atoms with E-state index in [1.165, 1.54) is 43.7 Å². The van der Waals surface area contributed by atoms with E-state index in [0.29, 0.717) is 11.7 Å². The molecule has 118 valence electrons. The maximum absolute atomic E-state index is 11.9. The summed E-state index contributed by atoms with van der Waals surface area (Å²) >= 11 is 1.50. The number of aromatic nitrogens is 1. The zero-order valence-corrected chi connectivity index (χ0v) is 13.5. The van der Waals surface area contributed by atoms with Crippen LogP contribution in [0.5, 0.6) is 0 Å². The van der Waals surface area contributed by atoms with Gasteiger partial charge in [-0.15, -0.1) is 0 Å². The molecule has 0 bridgehead atoms. The molecule has 1 saturated heterocycles. The van der Waals surface area contributed by atoms with Crippen LogP contribution in [-0.2, 0) is 0 Å². The van der Waals surface area contributed by atoms with Crippen molar-refractivity contribution in [3.63, 3.8) is 0 Å². The zero-order chi connectivity index (χ0) is 15.2. The maximum Gasteiger partial charge on any atom is 0.321 e. The Hall–Kier alpha value is -1.66. The highest BCUT2D eigenvalue weighted by atomic mass is 32.1. The van der Waals surface area contributed by atoms with E-state index in [0.717, 1.165) is 23.2 Å². The van der Waals surface area contributed by atoms with E-state index in [1.54, 1.807) is 0 Å². The van der Waals surface area contributed by atoms with Gasteiger partial charge >= 0.3 is 6.03 Å². The van der Waals surface area contributed by atoms with E-state index in [2.05, 4.69) is 20.5 Å². The number of rotatable bonds is 5. The molecule has 1 aliphatic rings. The molecule has 0 saturated carbocycles. The lowest BCUT2D eigenvalue weighted by Gasteiger charge is -2.26. The van der Waals surface area contributed by atoms with Gasteiger partial charge in [0.25, 0.3) is 0 Å². The van der Waals surface area contributed by atoms with Gasteiger partial charge < -0.3 is 10.2 Å². The van der Waals surface area contributed by atoms with Gasteiger partial charge in [0, 0.05) is 6.54 Å². The summed E-state index contributed by atoms with van der Waals surface area (Å²) in [6, 6.07) is 7.72. The van der Waals surface area contributed by atoms with E-state index in [-0.39, 0.29) is 6.03 Å². The molecule has 3 rings (SSSR count). The number of amides is 2. The molecule has 6 heteroatoms. The summed E-state index contributed by atoms with van der Waals surface area (Å²) < 4.78 is 1.09. The van der Waals surface area contributed by atoms with Crippen molar-refractivity contribution in [2.24, 2.45) is 0 Å². The summed E-state index contributed by atoms with van der Waals surface area (Å²) in [4.78, 5) is 18.7. The summed E-state index contributed by atoms with van der Waals surface area (Å²) in [7, 11) is 0. The lowest BCUT2D eigenvalue weighted by molar-refractivity contribution is 0.224. The number of fused-ring (bicyclic) bond motifs is 1. The highest BCUT2D eigenvalue weighted by Gasteiger charge is 2.10. The van der Waals surface area contributed by atoms with E-state index in [9.17, 15) is 4.79 Å². The van der Waals surface area contributed by atoms with Gasteiger partial charge in [0.05, 0.1) is 10.2 Å². The number of likely N-dealkylation sites (tertiary alicyclic amines) is 1. The molecule has 0 aliphatic carbocycles. The third-order valence-electron chi connectivity index (χ3n) is 3.90. The molecule has 5 nitrogen and oxygen atoms in total. The molecular weight excluding hydrogens is 296 g/mol. The summed E-state index contributed by atoms with van der Waals surface area (Å²) in [6.07, 6.45) is 4.98. The van der Waals surface area contributed by atoms with Crippen LogP contribution in [0.25, 0.3) is 10.2 Å². The number of urea groups is 1. The molecular formula is C16H22N4OS. The van der Waals surface area contributed by atoms with Crippen LogP contribution in [-0.4, -0.2) is 42.1 Å². The number of nitrogens with one attached hydrogen (secondary N) is 2. The molecule has 1 aromatic heterocycles. The van der Waals surface area contributed by atoms with Gasteiger partial charge in [-0.25, -0.2) is 9.78 Å². The standard InChI is InChI=1S/C16H22N4OS/c21-15(17-9-6-12-20-10-4-1-5-11-20)19-16-18-13-7-2-3-8-14(13)22-16/h2-3,7-8H,1,4-6,9-12H2,(H2,17,18,19,21). The number of hydrogen-bond donors (Lipinski definition) is 2. The summed E-state index contributed by atoms with van der Waals surface area (Å²) in [5.74, 6) is 0. The first-order chi connectivity index (χ1) is 10.8. The zero-order valence-electron chi connectivity index (χ0n) is 12.7. The monoisotopic (exact) mass is 318 g/mol. The average molecular weight is 318 g/mol. The van der Waals surface area contributed by atoms with E-state index >= 15 is 0 Å². The third kappa shape index (κ3) is 4.18. The largest absolute Gasteiger partial charge is 0.338 e. The minimum Gasteiger partial charge on any atom is -0.338 e. The molecule has 2 N–H and O–H groups in total. The number of carbonyl (C=O) groups excluding carboxylic acids is 1.